The van der Waals surface area contributed by atoms with E-state index in [4.69, 9.17) is 0 Å². The molecule has 3 rings (SSSR count). The van der Waals surface area contributed by atoms with E-state index in [1.165, 1.54) is 12.8 Å². The van der Waals surface area contributed by atoms with E-state index < -0.39 is 5.97 Å². The molecule has 6 heteroatoms. The molecular formula is C20H32N4O2. The first-order valence-corrected chi connectivity index (χ1v) is 9.93. The van der Waals surface area contributed by atoms with Crippen molar-refractivity contribution < 1.29 is 9.90 Å². The van der Waals surface area contributed by atoms with E-state index in [1.54, 1.807) is 0 Å². The number of anilines is 1. The molecule has 0 saturated heterocycles. The summed E-state index contributed by atoms with van der Waals surface area (Å²) in [5, 5.41) is 12.7. The Morgan fingerprint density at radius 2 is 1.92 bits per heavy atom. The van der Waals surface area contributed by atoms with Gasteiger partial charge in [0.25, 0.3) is 0 Å². The number of hydrogen-bond acceptors (Lipinski definition) is 5. The molecule has 0 bridgehead atoms. The summed E-state index contributed by atoms with van der Waals surface area (Å²) in [5.74, 6) is 2.45. The minimum atomic E-state index is -0.721. The van der Waals surface area contributed by atoms with Crippen molar-refractivity contribution in [2.75, 3.05) is 18.4 Å². The first kappa shape index (κ1) is 19.1. The van der Waals surface area contributed by atoms with E-state index in [0.717, 1.165) is 36.7 Å². The predicted molar refractivity (Wildman–Crippen MR) is 103 cm³/mol. The topological polar surface area (TPSA) is 78.4 Å². The summed E-state index contributed by atoms with van der Waals surface area (Å²) >= 11 is 0. The van der Waals surface area contributed by atoms with Crippen LogP contribution in [0.25, 0.3) is 0 Å². The summed E-state index contributed by atoms with van der Waals surface area (Å²) in [5.41, 5.74) is 1.07. The van der Waals surface area contributed by atoms with Crippen molar-refractivity contribution >= 4 is 11.8 Å². The van der Waals surface area contributed by atoms with Gasteiger partial charge in [-0.15, -0.1) is 0 Å². The molecule has 6 nitrogen and oxygen atoms in total. The molecule has 1 aromatic rings. The Kier molecular flexibility index (Phi) is 5.80. The quantitative estimate of drug-likeness (QED) is 0.702. The van der Waals surface area contributed by atoms with E-state index in [1.807, 2.05) is 0 Å². The Hall–Kier alpha value is -1.69. The van der Waals surface area contributed by atoms with Crippen LogP contribution in [-0.4, -0.2) is 51.1 Å². The fourth-order valence-electron chi connectivity index (χ4n) is 3.47. The van der Waals surface area contributed by atoms with E-state index in [9.17, 15) is 9.90 Å². The second-order valence-electron chi connectivity index (χ2n) is 8.58. The first-order chi connectivity index (χ1) is 12.3. The number of hydrogen-bond donors (Lipinski definition) is 2. The van der Waals surface area contributed by atoms with Gasteiger partial charge in [0, 0.05) is 36.3 Å². The number of nitrogens with one attached hydrogen (secondary N) is 1. The predicted octanol–water partition coefficient (Wildman–Crippen LogP) is 3.46. The van der Waals surface area contributed by atoms with Crippen LogP contribution in [0.15, 0.2) is 6.07 Å². The number of rotatable bonds is 9. The lowest BCUT2D eigenvalue weighted by molar-refractivity contribution is -0.139. The number of carbonyl (C=O) groups is 1. The molecule has 0 atom stereocenters. The van der Waals surface area contributed by atoms with Gasteiger partial charge in [-0.3, -0.25) is 9.69 Å². The standard InChI is InChI=1S/C20H32N4O2/c1-12(2)17-9-18(23-20(22-17)13(3)4)21-15-7-16(8-15)24(11-19(25)26)10-14-5-6-14/h9,12-16H,5-8,10-11H2,1-4H3,(H,25,26)(H,21,22,23). The van der Waals surface area contributed by atoms with Gasteiger partial charge in [-0.1, -0.05) is 27.7 Å². The van der Waals surface area contributed by atoms with Crippen LogP contribution in [0, 0.1) is 5.92 Å². The Bertz CT molecular complexity index is 610. The van der Waals surface area contributed by atoms with Crippen LogP contribution in [0.3, 0.4) is 0 Å². The van der Waals surface area contributed by atoms with Crippen LogP contribution in [0.5, 0.6) is 0 Å². The maximum atomic E-state index is 11.2. The normalized spacial score (nSPS) is 22.7. The average Bonchev–Trinajstić information content (AvgIpc) is 3.33. The zero-order valence-corrected chi connectivity index (χ0v) is 16.4. The highest BCUT2D eigenvalue weighted by Gasteiger charge is 2.37. The van der Waals surface area contributed by atoms with Gasteiger partial charge in [-0.2, -0.15) is 0 Å². The van der Waals surface area contributed by atoms with E-state index in [-0.39, 0.29) is 6.54 Å². The molecule has 0 radical (unpaired) electrons. The third-order valence-electron chi connectivity index (χ3n) is 5.38. The molecule has 2 aliphatic carbocycles. The Morgan fingerprint density at radius 1 is 1.23 bits per heavy atom. The Morgan fingerprint density at radius 3 is 2.46 bits per heavy atom. The molecule has 2 aliphatic rings. The molecule has 26 heavy (non-hydrogen) atoms. The second-order valence-corrected chi connectivity index (χ2v) is 8.58. The monoisotopic (exact) mass is 360 g/mol. The third-order valence-corrected chi connectivity index (χ3v) is 5.38. The molecular weight excluding hydrogens is 328 g/mol. The van der Waals surface area contributed by atoms with Gasteiger partial charge < -0.3 is 10.4 Å². The van der Waals surface area contributed by atoms with E-state index >= 15 is 0 Å². The summed E-state index contributed by atoms with van der Waals surface area (Å²) in [4.78, 5) is 22.7. The minimum absolute atomic E-state index is 0.163. The molecule has 0 aliphatic heterocycles. The molecule has 1 heterocycles. The van der Waals surface area contributed by atoms with Gasteiger partial charge in [0.15, 0.2) is 0 Å². The molecule has 2 fully saturated rings. The number of nitrogens with zero attached hydrogens (tertiary/aromatic N) is 3. The maximum Gasteiger partial charge on any atom is 0.317 e. The van der Waals surface area contributed by atoms with Crippen molar-refractivity contribution in [3.05, 3.63) is 17.6 Å². The summed E-state index contributed by atoms with van der Waals surface area (Å²) in [6, 6.07) is 2.80. The summed E-state index contributed by atoms with van der Waals surface area (Å²) in [6.07, 6.45) is 4.47. The van der Waals surface area contributed by atoms with Crippen LogP contribution >= 0.6 is 0 Å². The van der Waals surface area contributed by atoms with Crippen molar-refractivity contribution in [3.8, 4) is 0 Å². The van der Waals surface area contributed by atoms with E-state index in [0.29, 0.717) is 29.8 Å². The molecule has 144 valence electrons. The first-order valence-electron chi connectivity index (χ1n) is 9.93. The maximum absolute atomic E-state index is 11.2. The van der Waals surface area contributed by atoms with Crippen molar-refractivity contribution in [2.45, 2.75) is 77.3 Å². The highest BCUT2D eigenvalue weighted by molar-refractivity contribution is 5.69. The molecule has 0 amide bonds. The number of carboxylic acids is 1. The van der Waals surface area contributed by atoms with Gasteiger partial charge >= 0.3 is 5.97 Å². The van der Waals surface area contributed by atoms with Gasteiger partial charge in [0.1, 0.15) is 11.6 Å². The van der Waals surface area contributed by atoms with Crippen molar-refractivity contribution in [1.82, 2.24) is 14.9 Å². The van der Waals surface area contributed by atoms with Gasteiger partial charge in [-0.25, -0.2) is 9.97 Å². The Balaban J connectivity index is 1.59. The molecule has 0 aromatic carbocycles. The number of aliphatic carboxylic acids is 1. The lowest BCUT2D eigenvalue weighted by Crippen LogP contribution is -2.52. The SMILES string of the molecule is CC(C)c1cc(NC2CC(N(CC(=O)O)CC3CC3)C2)nc(C(C)C)n1. The minimum Gasteiger partial charge on any atom is -0.480 e. The molecule has 2 saturated carbocycles. The lowest BCUT2D eigenvalue weighted by atomic mass is 9.85. The lowest BCUT2D eigenvalue weighted by Gasteiger charge is -2.43. The number of carboxylic acid groups (broad SMARTS) is 1. The van der Waals surface area contributed by atoms with Gasteiger partial charge in [0.2, 0.25) is 0 Å². The largest absolute Gasteiger partial charge is 0.480 e. The van der Waals surface area contributed by atoms with E-state index in [2.05, 4.69) is 53.9 Å². The molecule has 0 spiro atoms. The van der Waals surface area contributed by atoms with Crippen LogP contribution in [-0.2, 0) is 4.79 Å². The Labute approximate surface area is 156 Å². The zero-order valence-electron chi connectivity index (χ0n) is 16.4. The van der Waals surface area contributed by atoms with Crippen LogP contribution < -0.4 is 5.32 Å². The smallest absolute Gasteiger partial charge is 0.317 e. The summed E-state index contributed by atoms with van der Waals surface area (Å²) in [6.45, 7) is 9.63. The molecule has 1 aromatic heterocycles. The van der Waals surface area contributed by atoms with Crippen LogP contribution in [0.1, 0.15) is 76.7 Å². The molecule has 0 unspecified atom stereocenters. The average molecular weight is 361 g/mol. The third kappa shape index (κ3) is 4.93. The van der Waals surface area contributed by atoms with Crippen molar-refractivity contribution in [1.29, 1.82) is 0 Å². The number of aromatic nitrogens is 2. The molecule has 2 N–H and O–H groups in total. The highest BCUT2D eigenvalue weighted by Crippen LogP contribution is 2.34. The fourth-order valence-corrected chi connectivity index (χ4v) is 3.47. The highest BCUT2D eigenvalue weighted by atomic mass is 16.4. The fraction of sp³-hybridized carbons (Fsp3) is 0.750. The van der Waals surface area contributed by atoms with Crippen LogP contribution in [0.2, 0.25) is 0 Å². The summed E-state index contributed by atoms with van der Waals surface area (Å²) < 4.78 is 0. The summed E-state index contributed by atoms with van der Waals surface area (Å²) in [7, 11) is 0. The second kappa shape index (κ2) is 7.91. The van der Waals surface area contributed by atoms with Gasteiger partial charge in [-0.05, 0) is 37.5 Å². The van der Waals surface area contributed by atoms with Gasteiger partial charge in [0.05, 0.1) is 6.54 Å². The van der Waals surface area contributed by atoms with Crippen molar-refractivity contribution in [2.24, 2.45) is 5.92 Å². The zero-order chi connectivity index (χ0) is 18.8. The van der Waals surface area contributed by atoms with Crippen LogP contribution in [0.4, 0.5) is 5.82 Å². The van der Waals surface area contributed by atoms with Crippen molar-refractivity contribution in [3.63, 3.8) is 0 Å².